The standard InChI is InChI=1S/C16H17N/c1-12-6-2-5-9-15(12)16-10-13-7-3-4-8-14(13)11-17-16/h2,5-6,9-11H,3-4,7-8H2,1H3. The number of aryl methyl sites for hydroxylation is 3. The van der Waals surface area contributed by atoms with Crippen LogP contribution in [0, 0.1) is 6.92 Å². The molecular weight excluding hydrogens is 206 g/mol. The first kappa shape index (κ1) is 10.5. The molecule has 0 saturated carbocycles. The van der Waals surface area contributed by atoms with E-state index in [1.807, 2.05) is 0 Å². The van der Waals surface area contributed by atoms with Crippen LogP contribution in [0.3, 0.4) is 0 Å². The lowest BCUT2D eigenvalue weighted by Crippen LogP contribution is -2.03. The Balaban J connectivity index is 2.07. The first-order chi connectivity index (χ1) is 8.34. The van der Waals surface area contributed by atoms with Crippen molar-refractivity contribution in [1.29, 1.82) is 0 Å². The van der Waals surface area contributed by atoms with Crippen molar-refractivity contribution < 1.29 is 0 Å². The fraction of sp³-hybridized carbons (Fsp3) is 0.312. The van der Waals surface area contributed by atoms with Crippen molar-refractivity contribution in [3.05, 3.63) is 53.2 Å². The molecular formula is C16H17N. The maximum Gasteiger partial charge on any atom is 0.0707 e. The fourth-order valence-corrected chi connectivity index (χ4v) is 2.62. The molecule has 86 valence electrons. The molecule has 1 nitrogen and oxygen atoms in total. The number of hydrogen-bond acceptors (Lipinski definition) is 1. The molecule has 0 atom stereocenters. The second kappa shape index (κ2) is 4.33. The lowest BCUT2D eigenvalue weighted by molar-refractivity contribution is 0.682. The zero-order chi connectivity index (χ0) is 11.7. The van der Waals surface area contributed by atoms with Crippen LogP contribution in [0.5, 0.6) is 0 Å². The zero-order valence-electron chi connectivity index (χ0n) is 10.2. The van der Waals surface area contributed by atoms with E-state index in [1.165, 1.54) is 47.9 Å². The lowest BCUT2D eigenvalue weighted by atomic mass is 9.91. The maximum atomic E-state index is 4.62. The number of rotatable bonds is 1. The molecule has 0 saturated heterocycles. The Morgan fingerprint density at radius 2 is 1.76 bits per heavy atom. The second-order valence-electron chi connectivity index (χ2n) is 4.86. The van der Waals surface area contributed by atoms with E-state index in [-0.39, 0.29) is 0 Å². The smallest absolute Gasteiger partial charge is 0.0707 e. The van der Waals surface area contributed by atoms with Gasteiger partial charge in [-0.25, -0.2) is 0 Å². The van der Waals surface area contributed by atoms with Crippen LogP contribution in [0.15, 0.2) is 36.5 Å². The van der Waals surface area contributed by atoms with Crippen LogP contribution in [0.1, 0.15) is 29.5 Å². The van der Waals surface area contributed by atoms with Crippen LogP contribution in [-0.4, -0.2) is 4.98 Å². The lowest BCUT2D eigenvalue weighted by Gasteiger charge is -2.16. The second-order valence-corrected chi connectivity index (χ2v) is 4.86. The minimum atomic E-state index is 1.13. The summed E-state index contributed by atoms with van der Waals surface area (Å²) < 4.78 is 0. The summed E-state index contributed by atoms with van der Waals surface area (Å²) in [6.07, 6.45) is 7.14. The van der Waals surface area contributed by atoms with Gasteiger partial charge in [0.05, 0.1) is 5.69 Å². The molecule has 0 unspecified atom stereocenters. The average molecular weight is 223 g/mol. The Kier molecular flexibility index (Phi) is 2.68. The Labute approximate surface area is 103 Å². The van der Waals surface area contributed by atoms with Crippen molar-refractivity contribution in [3.8, 4) is 11.3 Å². The third-order valence-corrected chi connectivity index (χ3v) is 3.65. The van der Waals surface area contributed by atoms with Crippen molar-refractivity contribution in [3.63, 3.8) is 0 Å². The van der Waals surface area contributed by atoms with Crippen molar-refractivity contribution in [2.45, 2.75) is 32.6 Å². The van der Waals surface area contributed by atoms with E-state index in [4.69, 9.17) is 0 Å². The van der Waals surface area contributed by atoms with E-state index >= 15 is 0 Å². The molecule has 0 amide bonds. The van der Waals surface area contributed by atoms with E-state index in [9.17, 15) is 0 Å². The van der Waals surface area contributed by atoms with E-state index < -0.39 is 0 Å². The third-order valence-electron chi connectivity index (χ3n) is 3.65. The molecule has 1 aliphatic carbocycles. The highest BCUT2D eigenvalue weighted by Gasteiger charge is 2.11. The molecule has 0 fully saturated rings. The minimum Gasteiger partial charge on any atom is -0.256 e. The van der Waals surface area contributed by atoms with Gasteiger partial charge < -0.3 is 0 Å². The predicted octanol–water partition coefficient (Wildman–Crippen LogP) is 3.94. The average Bonchev–Trinajstić information content (AvgIpc) is 2.39. The Hall–Kier alpha value is -1.63. The van der Waals surface area contributed by atoms with Crippen LogP contribution in [0.25, 0.3) is 11.3 Å². The number of hydrogen-bond donors (Lipinski definition) is 0. The summed E-state index contributed by atoms with van der Waals surface area (Å²) in [7, 11) is 0. The molecule has 1 heterocycles. The van der Waals surface area contributed by atoms with E-state index in [0.717, 1.165) is 5.69 Å². The van der Waals surface area contributed by atoms with Gasteiger partial charge in [0.1, 0.15) is 0 Å². The maximum absolute atomic E-state index is 4.62. The molecule has 17 heavy (non-hydrogen) atoms. The van der Waals surface area contributed by atoms with E-state index in [2.05, 4.69) is 48.4 Å². The third kappa shape index (κ3) is 1.97. The first-order valence-electron chi connectivity index (χ1n) is 6.38. The van der Waals surface area contributed by atoms with E-state index in [0.29, 0.717) is 0 Å². The molecule has 0 spiro atoms. The van der Waals surface area contributed by atoms with Gasteiger partial charge in [-0.05, 0) is 55.4 Å². The van der Waals surface area contributed by atoms with Gasteiger partial charge in [0.25, 0.3) is 0 Å². The largest absolute Gasteiger partial charge is 0.256 e. The summed E-state index contributed by atoms with van der Waals surface area (Å²) in [6, 6.07) is 10.8. The Morgan fingerprint density at radius 1 is 1.00 bits per heavy atom. The molecule has 1 aliphatic rings. The molecule has 0 aliphatic heterocycles. The van der Waals surface area contributed by atoms with Crippen molar-refractivity contribution in [1.82, 2.24) is 4.98 Å². The quantitative estimate of drug-likeness (QED) is 0.713. The number of aromatic nitrogens is 1. The van der Waals surface area contributed by atoms with E-state index in [1.54, 1.807) is 0 Å². The highest BCUT2D eigenvalue weighted by atomic mass is 14.7. The van der Waals surface area contributed by atoms with Gasteiger partial charge in [-0.3, -0.25) is 4.98 Å². The molecule has 0 bridgehead atoms. The summed E-state index contributed by atoms with van der Waals surface area (Å²) in [6.45, 7) is 2.15. The molecule has 0 N–H and O–H groups in total. The molecule has 0 radical (unpaired) electrons. The van der Waals surface area contributed by atoms with Crippen LogP contribution in [0.4, 0.5) is 0 Å². The van der Waals surface area contributed by atoms with Gasteiger partial charge in [-0.2, -0.15) is 0 Å². The van der Waals surface area contributed by atoms with Crippen molar-refractivity contribution in [2.75, 3.05) is 0 Å². The number of benzene rings is 1. The topological polar surface area (TPSA) is 12.9 Å². The monoisotopic (exact) mass is 223 g/mol. The number of fused-ring (bicyclic) bond motifs is 1. The fourth-order valence-electron chi connectivity index (χ4n) is 2.62. The van der Waals surface area contributed by atoms with Crippen LogP contribution in [0.2, 0.25) is 0 Å². The number of nitrogens with zero attached hydrogens (tertiary/aromatic N) is 1. The zero-order valence-corrected chi connectivity index (χ0v) is 10.2. The molecule has 1 heteroatoms. The first-order valence-corrected chi connectivity index (χ1v) is 6.38. The van der Waals surface area contributed by atoms with Crippen LogP contribution >= 0.6 is 0 Å². The van der Waals surface area contributed by atoms with Crippen LogP contribution in [-0.2, 0) is 12.8 Å². The SMILES string of the molecule is Cc1ccccc1-c1cc2c(cn1)CCCC2. The van der Waals surface area contributed by atoms with Gasteiger partial charge in [0.15, 0.2) is 0 Å². The van der Waals surface area contributed by atoms with Crippen molar-refractivity contribution >= 4 is 0 Å². The Bertz CT molecular complexity index is 543. The summed E-state index contributed by atoms with van der Waals surface area (Å²) in [5.41, 5.74) is 6.65. The Morgan fingerprint density at radius 3 is 2.59 bits per heavy atom. The highest BCUT2D eigenvalue weighted by Crippen LogP contribution is 2.26. The molecule has 1 aromatic heterocycles. The predicted molar refractivity (Wildman–Crippen MR) is 71.1 cm³/mol. The van der Waals surface area contributed by atoms with Crippen molar-refractivity contribution in [2.24, 2.45) is 0 Å². The molecule has 2 aromatic rings. The normalized spacial score (nSPS) is 14.4. The summed E-state index contributed by atoms with van der Waals surface area (Å²) >= 11 is 0. The highest BCUT2D eigenvalue weighted by molar-refractivity contribution is 5.64. The van der Waals surface area contributed by atoms with Gasteiger partial charge in [-0.1, -0.05) is 24.3 Å². The van der Waals surface area contributed by atoms with Crippen LogP contribution < -0.4 is 0 Å². The number of pyridine rings is 1. The summed E-state index contributed by atoms with van der Waals surface area (Å²) in [5.74, 6) is 0. The minimum absolute atomic E-state index is 1.13. The summed E-state index contributed by atoms with van der Waals surface area (Å²) in [5, 5.41) is 0. The van der Waals surface area contributed by atoms with Gasteiger partial charge in [0, 0.05) is 11.8 Å². The summed E-state index contributed by atoms with van der Waals surface area (Å²) in [4.78, 5) is 4.62. The van der Waals surface area contributed by atoms with Gasteiger partial charge >= 0.3 is 0 Å². The molecule has 3 rings (SSSR count). The molecule has 1 aromatic carbocycles. The van der Waals surface area contributed by atoms with Gasteiger partial charge in [-0.15, -0.1) is 0 Å². The van der Waals surface area contributed by atoms with Gasteiger partial charge in [0.2, 0.25) is 0 Å².